The van der Waals surface area contributed by atoms with Gasteiger partial charge < -0.3 is 24.3 Å². The maximum absolute atomic E-state index is 12.4. The molecule has 1 amide bonds. The molecule has 9 heteroatoms. The number of methoxy groups -OCH3 is 1. The molecule has 1 saturated carbocycles. The summed E-state index contributed by atoms with van der Waals surface area (Å²) in [5.41, 5.74) is -1.12. The molecule has 1 aliphatic carbocycles. The number of hydrogen-bond acceptors (Lipinski definition) is 6. The number of esters is 1. The molecule has 0 unspecified atom stereocenters. The monoisotopic (exact) mass is 417 g/mol. The molecule has 1 aliphatic heterocycles. The molecule has 1 heterocycles. The molecule has 1 aromatic carbocycles. The summed E-state index contributed by atoms with van der Waals surface area (Å²) in [7, 11) is 1.30. The van der Waals surface area contributed by atoms with Crippen molar-refractivity contribution >= 4 is 35.1 Å². The molecule has 2 aliphatic rings. The Bertz CT molecular complexity index is 710. The standard InChI is InChI=1S/C18H21Cl2NO6/c1-24-16(23)17(4-6-18(7-5-17)26-8-9-27-18)21-15(22)11-25-12-2-3-13(19)14(20)10-12/h2-3,10H,4-9,11H2,1H3,(H,21,22). The SMILES string of the molecule is COC(=O)C1(NC(=O)COc2ccc(Cl)c(Cl)c2)CCC2(CC1)OCCO2. The molecule has 2 fully saturated rings. The van der Waals surface area contributed by atoms with Crippen LogP contribution in [0.3, 0.4) is 0 Å². The summed E-state index contributed by atoms with van der Waals surface area (Å²) in [6.07, 6.45) is 1.71. The van der Waals surface area contributed by atoms with Crippen LogP contribution in [0.5, 0.6) is 5.75 Å². The first-order chi connectivity index (χ1) is 12.9. The number of hydrogen-bond donors (Lipinski definition) is 1. The fraction of sp³-hybridized carbons (Fsp3) is 0.556. The van der Waals surface area contributed by atoms with Crippen LogP contribution < -0.4 is 10.1 Å². The minimum atomic E-state index is -1.12. The Balaban J connectivity index is 1.61. The van der Waals surface area contributed by atoms with Crippen LogP contribution in [0.2, 0.25) is 10.0 Å². The van der Waals surface area contributed by atoms with Crippen LogP contribution in [0.4, 0.5) is 0 Å². The average molecular weight is 418 g/mol. The first kappa shape index (κ1) is 20.2. The molecule has 0 atom stereocenters. The lowest BCUT2D eigenvalue weighted by Crippen LogP contribution is -2.60. The van der Waals surface area contributed by atoms with Crippen molar-refractivity contribution in [2.75, 3.05) is 26.9 Å². The molecule has 0 bridgehead atoms. The highest BCUT2D eigenvalue weighted by Gasteiger charge is 2.51. The van der Waals surface area contributed by atoms with E-state index in [9.17, 15) is 9.59 Å². The van der Waals surface area contributed by atoms with E-state index in [2.05, 4.69) is 5.32 Å². The molecule has 0 radical (unpaired) electrons. The zero-order valence-corrected chi connectivity index (χ0v) is 16.4. The summed E-state index contributed by atoms with van der Waals surface area (Å²) in [5.74, 6) is -1.17. The van der Waals surface area contributed by atoms with Gasteiger partial charge in [0.1, 0.15) is 11.3 Å². The first-order valence-corrected chi connectivity index (χ1v) is 9.39. The molecular formula is C18H21Cl2NO6. The second kappa shape index (κ2) is 8.22. The zero-order valence-electron chi connectivity index (χ0n) is 14.9. The Morgan fingerprint density at radius 1 is 1.11 bits per heavy atom. The van der Waals surface area contributed by atoms with Crippen LogP contribution in [0.1, 0.15) is 25.7 Å². The molecule has 27 heavy (non-hydrogen) atoms. The highest BCUT2D eigenvalue weighted by atomic mass is 35.5. The lowest BCUT2D eigenvalue weighted by atomic mass is 9.78. The van der Waals surface area contributed by atoms with Crippen molar-refractivity contribution in [3.05, 3.63) is 28.2 Å². The summed E-state index contributed by atoms with van der Waals surface area (Å²) in [5, 5.41) is 3.50. The normalized spacial score (nSPS) is 20.3. The molecule has 1 saturated heterocycles. The predicted octanol–water partition coefficient (Wildman–Crippen LogP) is 2.72. The number of carbonyl (C=O) groups is 2. The van der Waals surface area contributed by atoms with Gasteiger partial charge in [-0.15, -0.1) is 0 Å². The van der Waals surface area contributed by atoms with Crippen molar-refractivity contribution in [2.45, 2.75) is 37.0 Å². The fourth-order valence-corrected chi connectivity index (χ4v) is 3.73. The number of carbonyl (C=O) groups excluding carboxylic acids is 2. The summed E-state index contributed by atoms with van der Waals surface area (Å²) in [6.45, 7) is 0.805. The van der Waals surface area contributed by atoms with Gasteiger partial charge in [0.2, 0.25) is 0 Å². The highest BCUT2D eigenvalue weighted by molar-refractivity contribution is 6.42. The van der Waals surface area contributed by atoms with Crippen molar-refractivity contribution in [2.24, 2.45) is 0 Å². The second-order valence-electron chi connectivity index (χ2n) is 6.59. The topological polar surface area (TPSA) is 83.1 Å². The van der Waals surface area contributed by atoms with Crippen molar-refractivity contribution in [3.8, 4) is 5.75 Å². The lowest BCUT2D eigenvalue weighted by Gasteiger charge is -2.41. The zero-order chi connectivity index (χ0) is 19.5. The van der Waals surface area contributed by atoms with Crippen LogP contribution in [-0.2, 0) is 23.8 Å². The number of benzene rings is 1. The van der Waals surface area contributed by atoms with Crippen LogP contribution in [0, 0.1) is 0 Å². The largest absolute Gasteiger partial charge is 0.484 e. The van der Waals surface area contributed by atoms with Crippen molar-refractivity contribution in [1.82, 2.24) is 5.32 Å². The van der Waals surface area contributed by atoms with E-state index >= 15 is 0 Å². The van der Waals surface area contributed by atoms with E-state index < -0.39 is 23.2 Å². The quantitative estimate of drug-likeness (QED) is 0.741. The van der Waals surface area contributed by atoms with Gasteiger partial charge in [-0.25, -0.2) is 4.79 Å². The Morgan fingerprint density at radius 2 is 1.78 bits per heavy atom. The third kappa shape index (κ3) is 4.48. The number of amides is 1. The maximum atomic E-state index is 12.4. The number of halogens is 2. The third-order valence-corrected chi connectivity index (χ3v) is 5.63. The Hall–Kier alpha value is -1.54. The van der Waals surface area contributed by atoms with Gasteiger partial charge in [0.25, 0.3) is 5.91 Å². The average Bonchev–Trinajstić information content (AvgIpc) is 3.12. The molecule has 148 valence electrons. The Kier molecular flexibility index (Phi) is 6.15. The molecular weight excluding hydrogens is 397 g/mol. The predicted molar refractivity (Wildman–Crippen MR) is 97.9 cm³/mol. The van der Waals surface area contributed by atoms with E-state index in [0.29, 0.717) is 54.7 Å². The van der Waals surface area contributed by atoms with Gasteiger partial charge >= 0.3 is 5.97 Å². The molecule has 3 rings (SSSR count). The van der Waals surface area contributed by atoms with E-state index in [-0.39, 0.29) is 6.61 Å². The van der Waals surface area contributed by atoms with Crippen molar-refractivity contribution in [3.63, 3.8) is 0 Å². The molecule has 1 spiro atoms. The lowest BCUT2D eigenvalue weighted by molar-refractivity contribution is -0.192. The van der Waals surface area contributed by atoms with Gasteiger partial charge in [0.05, 0.1) is 30.4 Å². The molecule has 7 nitrogen and oxygen atoms in total. The Morgan fingerprint density at radius 3 is 2.37 bits per heavy atom. The number of nitrogens with one attached hydrogen (secondary N) is 1. The maximum Gasteiger partial charge on any atom is 0.331 e. The van der Waals surface area contributed by atoms with Crippen LogP contribution in [0.15, 0.2) is 18.2 Å². The van der Waals surface area contributed by atoms with Crippen molar-refractivity contribution < 1.29 is 28.5 Å². The third-order valence-electron chi connectivity index (χ3n) is 4.89. The van der Waals surface area contributed by atoms with E-state index in [1.807, 2.05) is 0 Å². The van der Waals surface area contributed by atoms with Crippen molar-refractivity contribution in [1.29, 1.82) is 0 Å². The minimum absolute atomic E-state index is 0.269. The number of rotatable bonds is 5. The second-order valence-corrected chi connectivity index (χ2v) is 7.41. The van der Waals surface area contributed by atoms with Gasteiger partial charge in [-0.2, -0.15) is 0 Å². The van der Waals surface area contributed by atoms with Crippen LogP contribution in [-0.4, -0.2) is 50.1 Å². The minimum Gasteiger partial charge on any atom is -0.484 e. The van der Waals surface area contributed by atoms with Crippen LogP contribution in [0.25, 0.3) is 0 Å². The first-order valence-electron chi connectivity index (χ1n) is 8.63. The van der Waals surface area contributed by atoms with Crippen LogP contribution >= 0.6 is 23.2 Å². The number of ether oxygens (including phenoxy) is 4. The van der Waals surface area contributed by atoms with E-state index in [4.69, 9.17) is 42.1 Å². The van der Waals surface area contributed by atoms with E-state index in [1.54, 1.807) is 12.1 Å². The molecule has 1 aromatic rings. The summed E-state index contributed by atoms with van der Waals surface area (Å²) >= 11 is 11.8. The van der Waals surface area contributed by atoms with Gasteiger partial charge in [-0.1, -0.05) is 23.2 Å². The van der Waals surface area contributed by atoms with E-state index in [0.717, 1.165) is 0 Å². The summed E-state index contributed by atoms with van der Waals surface area (Å²) in [4.78, 5) is 24.8. The van der Waals surface area contributed by atoms with E-state index in [1.165, 1.54) is 13.2 Å². The van der Waals surface area contributed by atoms with Gasteiger partial charge in [-0.05, 0) is 25.0 Å². The summed E-state index contributed by atoms with van der Waals surface area (Å²) < 4.78 is 21.7. The smallest absolute Gasteiger partial charge is 0.331 e. The fourth-order valence-electron chi connectivity index (χ4n) is 3.44. The van der Waals surface area contributed by atoms with Gasteiger partial charge in [-0.3, -0.25) is 4.79 Å². The Labute approximate surface area is 167 Å². The molecule has 0 aromatic heterocycles. The van der Waals surface area contributed by atoms with Gasteiger partial charge in [0.15, 0.2) is 12.4 Å². The summed E-state index contributed by atoms with van der Waals surface area (Å²) in [6, 6.07) is 4.71. The van der Waals surface area contributed by atoms with Gasteiger partial charge in [0, 0.05) is 18.9 Å². The highest BCUT2D eigenvalue weighted by Crippen LogP contribution is 2.40. The molecule has 1 N–H and O–H groups in total.